The van der Waals surface area contributed by atoms with E-state index in [1.54, 1.807) is 22.7 Å². The summed E-state index contributed by atoms with van der Waals surface area (Å²) in [6.45, 7) is 0. The molecule has 102 valence electrons. The molecule has 0 amide bonds. The third kappa shape index (κ3) is 1.44. The number of rotatable bonds is 2. The number of fused-ring (bicyclic) bond motifs is 2. The maximum absolute atomic E-state index is 6.22. The van der Waals surface area contributed by atoms with Gasteiger partial charge in [-0.15, -0.1) is 21.5 Å². The van der Waals surface area contributed by atoms with E-state index in [2.05, 4.69) is 10.2 Å². The molecular formula is C13H13N5S2. The fourth-order valence-corrected chi connectivity index (χ4v) is 5.15. The van der Waals surface area contributed by atoms with Crippen molar-refractivity contribution in [2.45, 2.75) is 38.0 Å². The number of aryl methyl sites for hydroxylation is 1. The summed E-state index contributed by atoms with van der Waals surface area (Å²) in [4.78, 5) is 2.34. The molecule has 2 N–H and O–H groups in total. The number of nitrogen functional groups attached to an aromatic ring is 1. The Morgan fingerprint density at radius 1 is 1.15 bits per heavy atom. The standard InChI is InChI=1S/C13H13N5S2/c14-10-9(7-2-1-3-8(7)19-10)12-17-18-11(6-4-5-6)15-16-13(18)20-12/h6H,1-5,14H2. The van der Waals surface area contributed by atoms with E-state index in [0.717, 1.165) is 27.2 Å². The van der Waals surface area contributed by atoms with Gasteiger partial charge >= 0.3 is 0 Å². The highest BCUT2D eigenvalue weighted by Crippen LogP contribution is 2.45. The van der Waals surface area contributed by atoms with Crippen molar-refractivity contribution in [1.29, 1.82) is 0 Å². The minimum atomic E-state index is 0.561. The van der Waals surface area contributed by atoms with Gasteiger partial charge < -0.3 is 5.73 Å². The molecule has 5 nitrogen and oxygen atoms in total. The summed E-state index contributed by atoms with van der Waals surface area (Å²) in [6.07, 6.45) is 5.97. The molecule has 0 spiro atoms. The van der Waals surface area contributed by atoms with Gasteiger partial charge in [0.25, 0.3) is 0 Å². The van der Waals surface area contributed by atoms with Crippen molar-refractivity contribution >= 4 is 32.6 Å². The first-order valence-electron chi connectivity index (χ1n) is 6.94. The van der Waals surface area contributed by atoms with Crippen LogP contribution in [0.25, 0.3) is 15.5 Å². The Bertz CT molecular complexity index is 823. The number of thiophene rings is 1. The molecule has 3 heterocycles. The number of hydrogen-bond acceptors (Lipinski definition) is 6. The lowest BCUT2D eigenvalue weighted by molar-refractivity contribution is 0.828. The van der Waals surface area contributed by atoms with E-state index in [1.165, 1.54) is 41.7 Å². The third-order valence-corrected chi connectivity index (χ3v) is 6.16. The van der Waals surface area contributed by atoms with Crippen LogP contribution in [0.3, 0.4) is 0 Å². The Labute approximate surface area is 123 Å². The molecule has 20 heavy (non-hydrogen) atoms. The first-order valence-corrected chi connectivity index (χ1v) is 8.57. The summed E-state index contributed by atoms with van der Waals surface area (Å²) < 4.78 is 1.93. The lowest BCUT2D eigenvalue weighted by Gasteiger charge is -1.98. The number of nitrogens with zero attached hydrogens (tertiary/aromatic N) is 4. The molecule has 0 saturated heterocycles. The van der Waals surface area contributed by atoms with Crippen LogP contribution in [0.1, 0.15) is 41.4 Å². The minimum Gasteiger partial charge on any atom is -0.390 e. The monoisotopic (exact) mass is 303 g/mol. The molecule has 2 aliphatic rings. The highest BCUT2D eigenvalue weighted by molar-refractivity contribution is 7.21. The van der Waals surface area contributed by atoms with E-state index in [4.69, 9.17) is 10.8 Å². The SMILES string of the molecule is Nc1sc2c(c1-c1nn3c(C4CC4)nnc3s1)CCC2. The fraction of sp³-hybridized carbons (Fsp3) is 0.462. The largest absolute Gasteiger partial charge is 0.390 e. The van der Waals surface area contributed by atoms with Gasteiger partial charge in [-0.2, -0.15) is 9.61 Å². The van der Waals surface area contributed by atoms with Gasteiger partial charge in [0.2, 0.25) is 4.96 Å². The van der Waals surface area contributed by atoms with E-state index >= 15 is 0 Å². The molecule has 3 aromatic rings. The molecule has 0 bridgehead atoms. The average Bonchev–Trinajstić information content (AvgIpc) is 2.76. The Kier molecular flexibility index (Phi) is 2.13. The molecule has 1 fully saturated rings. The second kappa shape index (κ2) is 3.79. The first kappa shape index (κ1) is 11.2. The number of hydrogen-bond donors (Lipinski definition) is 1. The lowest BCUT2D eigenvalue weighted by atomic mass is 10.1. The van der Waals surface area contributed by atoms with Gasteiger partial charge in [-0.1, -0.05) is 11.3 Å². The van der Waals surface area contributed by atoms with E-state index in [-0.39, 0.29) is 0 Å². The molecule has 0 radical (unpaired) electrons. The molecule has 0 aromatic carbocycles. The van der Waals surface area contributed by atoms with Gasteiger partial charge in [-0.05, 0) is 37.7 Å². The Hall–Kier alpha value is -1.47. The minimum absolute atomic E-state index is 0.561. The van der Waals surface area contributed by atoms with Crippen LogP contribution in [0.4, 0.5) is 5.00 Å². The zero-order chi connectivity index (χ0) is 13.3. The molecule has 2 aliphatic carbocycles. The zero-order valence-corrected chi connectivity index (χ0v) is 12.4. The summed E-state index contributed by atoms with van der Waals surface area (Å²) in [6, 6.07) is 0. The fourth-order valence-electron chi connectivity index (χ4n) is 2.99. The third-order valence-electron chi connectivity index (χ3n) is 4.12. The molecule has 3 aromatic heterocycles. The van der Waals surface area contributed by atoms with E-state index in [9.17, 15) is 0 Å². The van der Waals surface area contributed by atoms with Crippen LogP contribution in [-0.4, -0.2) is 19.8 Å². The van der Waals surface area contributed by atoms with Crippen molar-refractivity contribution in [1.82, 2.24) is 19.8 Å². The van der Waals surface area contributed by atoms with Crippen LogP contribution in [0.2, 0.25) is 0 Å². The van der Waals surface area contributed by atoms with Crippen molar-refractivity contribution in [2.75, 3.05) is 5.73 Å². The van der Waals surface area contributed by atoms with Crippen LogP contribution in [0.5, 0.6) is 0 Å². The van der Waals surface area contributed by atoms with Gasteiger partial charge in [-0.3, -0.25) is 0 Å². The molecule has 5 rings (SSSR count). The van der Waals surface area contributed by atoms with E-state index in [0.29, 0.717) is 5.92 Å². The topological polar surface area (TPSA) is 69.1 Å². The molecule has 1 saturated carbocycles. The second-order valence-corrected chi connectivity index (χ2v) is 7.62. The van der Waals surface area contributed by atoms with Crippen molar-refractivity contribution in [3.8, 4) is 10.6 Å². The Morgan fingerprint density at radius 2 is 2.05 bits per heavy atom. The predicted octanol–water partition coefficient (Wildman–Crippen LogP) is 2.86. The van der Waals surface area contributed by atoms with Gasteiger partial charge in [0.1, 0.15) is 0 Å². The molecular weight excluding hydrogens is 290 g/mol. The van der Waals surface area contributed by atoms with E-state index < -0.39 is 0 Å². The van der Waals surface area contributed by atoms with Gasteiger partial charge in [-0.25, -0.2) is 0 Å². The maximum Gasteiger partial charge on any atom is 0.234 e. The average molecular weight is 303 g/mol. The quantitative estimate of drug-likeness (QED) is 0.790. The summed E-state index contributed by atoms with van der Waals surface area (Å²) in [7, 11) is 0. The zero-order valence-electron chi connectivity index (χ0n) is 10.8. The normalized spacial score (nSPS) is 18.0. The van der Waals surface area contributed by atoms with Crippen LogP contribution in [0, 0.1) is 0 Å². The highest BCUT2D eigenvalue weighted by atomic mass is 32.1. The summed E-state index contributed by atoms with van der Waals surface area (Å²) in [5.74, 6) is 1.58. The molecule has 0 unspecified atom stereocenters. The Balaban J connectivity index is 1.71. The second-order valence-electron chi connectivity index (χ2n) is 5.53. The van der Waals surface area contributed by atoms with Crippen LogP contribution in [0.15, 0.2) is 0 Å². The van der Waals surface area contributed by atoms with Crippen molar-refractivity contribution in [3.05, 3.63) is 16.3 Å². The number of aromatic nitrogens is 4. The van der Waals surface area contributed by atoms with Crippen LogP contribution in [-0.2, 0) is 12.8 Å². The highest BCUT2D eigenvalue weighted by Gasteiger charge is 2.31. The maximum atomic E-state index is 6.22. The molecule has 7 heteroatoms. The summed E-state index contributed by atoms with van der Waals surface area (Å²) in [5.41, 5.74) is 8.81. The van der Waals surface area contributed by atoms with E-state index in [1.807, 2.05) is 4.52 Å². The molecule has 0 aliphatic heterocycles. The van der Waals surface area contributed by atoms with Gasteiger partial charge in [0, 0.05) is 10.8 Å². The van der Waals surface area contributed by atoms with Crippen LogP contribution >= 0.6 is 22.7 Å². The predicted molar refractivity (Wildman–Crippen MR) is 80.4 cm³/mol. The Morgan fingerprint density at radius 3 is 2.90 bits per heavy atom. The van der Waals surface area contributed by atoms with Crippen molar-refractivity contribution in [3.63, 3.8) is 0 Å². The first-order chi connectivity index (χ1) is 9.81. The summed E-state index contributed by atoms with van der Waals surface area (Å²) in [5, 5.41) is 15.2. The van der Waals surface area contributed by atoms with Gasteiger partial charge in [0.15, 0.2) is 10.8 Å². The van der Waals surface area contributed by atoms with Crippen molar-refractivity contribution < 1.29 is 0 Å². The lowest BCUT2D eigenvalue weighted by Crippen LogP contribution is -1.94. The van der Waals surface area contributed by atoms with Crippen LogP contribution < -0.4 is 5.73 Å². The molecule has 0 atom stereocenters. The summed E-state index contributed by atoms with van der Waals surface area (Å²) >= 11 is 3.34. The van der Waals surface area contributed by atoms with Gasteiger partial charge in [0.05, 0.1) is 10.6 Å². The van der Waals surface area contributed by atoms with Crippen molar-refractivity contribution in [2.24, 2.45) is 0 Å². The number of anilines is 1. The number of nitrogens with two attached hydrogens (primary N) is 1. The smallest absolute Gasteiger partial charge is 0.234 e.